The quantitative estimate of drug-likeness (QED) is 0.545. The Kier molecular flexibility index (Phi) is 6.37. The molecule has 2 aromatic carbocycles. The first-order valence-electron chi connectivity index (χ1n) is 9.95. The highest BCUT2D eigenvalue weighted by Crippen LogP contribution is 2.31. The third kappa shape index (κ3) is 4.60. The Morgan fingerprint density at radius 3 is 2.17 bits per heavy atom. The monoisotopic (exact) mass is 410 g/mol. The summed E-state index contributed by atoms with van der Waals surface area (Å²) in [6, 6.07) is 13.4. The van der Waals surface area contributed by atoms with Crippen molar-refractivity contribution in [3.05, 3.63) is 71.2 Å². The molecular weight excluding hydrogens is 383 g/mol. The molecule has 2 amide bonds. The zero-order chi connectivity index (χ0) is 21.9. The van der Waals surface area contributed by atoms with Crippen molar-refractivity contribution in [1.29, 1.82) is 0 Å². The number of hydrogen-bond donors (Lipinski definition) is 1. The van der Waals surface area contributed by atoms with Crippen molar-refractivity contribution in [2.75, 3.05) is 25.6 Å². The minimum absolute atomic E-state index is 0.00830. The van der Waals surface area contributed by atoms with E-state index >= 15 is 0 Å². The number of methoxy groups -OCH3 is 1. The van der Waals surface area contributed by atoms with Gasteiger partial charge in [0.05, 0.1) is 5.57 Å². The smallest absolute Gasteiger partial charge is 0.278 e. The van der Waals surface area contributed by atoms with Crippen LogP contribution in [0, 0.1) is 5.82 Å². The summed E-state index contributed by atoms with van der Waals surface area (Å²) in [6.07, 6.45) is 0.540. The van der Waals surface area contributed by atoms with Crippen LogP contribution in [-0.4, -0.2) is 37.0 Å². The molecule has 3 rings (SSSR count). The SMILES string of the molecule is COCCCN1C(=O)C(Nc2ccc(C(C)(C)C)cc2)=C(c2ccc(F)cc2)C1=O. The van der Waals surface area contributed by atoms with Gasteiger partial charge < -0.3 is 10.1 Å². The largest absolute Gasteiger partial charge is 0.385 e. The molecule has 2 aromatic rings. The maximum absolute atomic E-state index is 13.4. The predicted octanol–water partition coefficient (Wildman–Crippen LogP) is 4.35. The van der Waals surface area contributed by atoms with Crippen LogP contribution in [-0.2, 0) is 19.7 Å². The third-order valence-corrected chi connectivity index (χ3v) is 5.05. The topological polar surface area (TPSA) is 58.6 Å². The van der Waals surface area contributed by atoms with E-state index < -0.39 is 17.6 Å². The Morgan fingerprint density at radius 2 is 1.60 bits per heavy atom. The van der Waals surface area contributed by atoms with Crippen molar-refractivity contribution in [2.24, 2.45) is 0 Å². The third-order valence-electron chi connectivity index (χ3n) is 5.05. The van der Waals surface area contributed by atoms with Gasteiger partial charge >= 0.3 is 0 Å². The fourth-order valence-corrected chi connectivity index (χ4v) is 3.34. The Hall–Kier alpha value is -2.99. The molecule has 158 valence electrons. The lowest BCUT2D eigenvalue weighted by molar-refractivity contribution is -0.136. The van der Waals surface area contributed by atoms with Crippen LogP contribution in [0.1, 0.15) is 38.3 Å². The zero-order valence-electron chi connectivity index (χ0n) is 17.8. The number of amides is 2. The number of nitrogens with zero attached hydrogens (tertiary/aromatic N) is 1. The lowest BCUT2D eigenvalue weighted by Gasteiger charge is -2.19. The van der Waals surface area contributed by atoms with Gasteiger partial charge in [-0.05, 0) is 47.2 Å². The van der Waals surface area contributed by atoms with E-state index in [4.69, 9.17) is 4.74 Å². The first-order valence-corrected chi connectivity index (χ1v) is 9.95. The van der Waals surface area contributed by atoms with E-state index in [0.29, 0.717) is 24.3 Å². The maximum atomic E-state index is 13.4. The number of carbonyl (C=O) groups is 2. The van der Waals surface area contributed by atoms with Crippen molar-refractivity contribution >= 4 is 23.1 Å². The fourth-order valence-electron chi connectivity index (χ4n) is 3.34. The number of imide groups is 1. The Balaban J connectivity index is 1.95. The van der Waals surface area contributed by atoms with E-state index in [1.54, 1.807) is 7.11 Å². The van der Waals surface area contributed by atoms with Crippen molar-refractivity contribution in [2.45, 2.75) is 32.6 Å². The molecule has 1 aliphatic heterocycles. The minimum atomic E-state index is -0.402. The molecule has 1 aliphatic rings. The second kappa shape index (κ2) is 8.79. The van der Waals surface area contributed by atoms with Crippen LogP contribution in [0.2, 0.25) is 0 Å². The summed E-state index contributed by atoms with van der Waals surface area (Å²) in [6.45, 7) is 7.08. The van der Waals surface area contributed by atoms with Gasteiger partial charge in [-0.15, -0.1) is 0 Å². The molecule has 0 radical (unpaired) electrons. The summed E-state index contributed by atoms with van der Waals surface area (Å²) < 4.78 is 18.4. The molecule has 1 N–H and O–H groups in total. The van der Waals surface area contributed by atoms with Gasteiger partial charge in [-0.25, -0.2) is 4.39 Å². The van der Waals surface area contributed by atoms with Crippen molar-refractivity contribution in [3.8, 4) is 0 Å². The van der Waals surface area contributed by atoms with Gasteiger partial charge in [0.15, 0.2) is 0 Å². The van der Waals surface area contributed by atoms with Gasteiger partial charge in [-0.2, -0.15) is 0 Å². The summed E-state index contributed by atoms with van der Waals surface area (Å²) in [5.74, 6) is -1.19. The number of halogens is 1. The molecule has 0 aromatic heterocycles. The van der Waals surface area contributed by atoms with Gasteiger partial charge in [0, 0.05) is 25.9 Å². The first-order chi connectivity index (χ1) is 14.2. The van der Waals surface area contributed by atoms with Crippen LogP contribution in [0.4, 0.5) is 10.1 Å². The van der Waals surface area contributed by atoms with E-state index in [1.165, 1.54) is 29.2 Å². The Morgan fingerprint density at radius 1 is 0.967 bits per heavy atom. The van der Waals surface area contributed by atoms with Crippen LogP contribution in [0.5, 0.6) is 0 Å². The summed E-state index contributed by atoms with van der Waals surface area (Å²) in [5, 5.41) is 3.13. The summed E-state index contributed by atoms with van der Waals surface area (Å²) in [4.78, 5) is 27.3. The van der Waals surface area contributed by atoms with E-state index in [2.05, 4.69) is 26.1 Å². The first kappa shape index (κ1) is 21.7. The van der Waals surface area contributed by atoms with E-state index in [0.717, 1.165) is 5.56 Å². The molecule has 0 spiro atoms. The lowest BCUT2D eigenvalue weighted by atomic mass is 9.87. The number of nitrogens with one attached hydrogen (secondary N) is 1. The molecule has 0 saturated heterocycles. The summed E-state index contributed by atoms with van der Waals surface area (Å²) in [5.41, 5.74) is 2.82. The number of rotatable bonds is 7. The fraction of sp³-hybridized carbons (Fsp3) is 0.333. The summed E-state index contributed by atoms with van der Waals surface area (Å²) in [7, 11) is 1.57. The van der Waals surface area contributed by atoms with E-state index in [9.17, 15) is 14.0 Å². The average Bonchev–Trinajstić information content (AvgIpc) is 2.93. The number of hydrogen-bond acceptors (Lipinski definition) is 4. The molecule has 5 nitrogen and oxygen atoms in total. The lowest BCUT2D eigenvalue weighted by Crippen LogP contribution is -2.33. The second-order valence-electron chi connectivity index (χ2n) is 8.32. The van der Waals surface area contributed by atoms with E-state index in [-0.39, 0.29) is 23.2 Å². The molecular formula is C24H27FN2O3. The highest BCUT2D eigenvalue weighted by Gasteiger charge is 2.38. The molecule has 0 unspecified atom stereocenters. The van der Waals surface area contributed by atoms with Crippen molar-refractivity contribution in [3.63, 3.8) is 0 Å². The van der Waals surface area contributed by atoms with Gasteiger partial charge in [-0.3, -0.25) is 14.5 Å². The van der Waals surface area contributed by atoms with Gasteiger partial charge in [-0.1, -0.05) is 45.0 Å². The van der Waals surface area contributed by atoms with Crippen LogP contribution >= 0.6 is 0 Å². The van der Waals surface area contributed by atoms with Crippen molar-refractivity contribution in [1.82, 2.24) is 4.90 Å². The molecule has 0 atom stereocenters. The number of anilines is 1. The molecule has 1 heterocycles. The molecule has 0 saturated carbocycles. The summed E-state index contributed by atoms with van der Waals surface area (Å²) >= 11 is 0. The number of benzene rings is 2. The minimum Gasteiger partial charge on any atom is -0.385 e. The Bertz CT molecular complexity index is 957. The highest BCUT2D eigenvalue weighted by atomic mass is 19.1. The van der Waals surface area contributed by atoms with Gasteiger partial charge in [0.1, 0.15) is 11.5 Å². The standard InChI is InChI=1S/C24H27FN2O3/c1-24(2,3)17-8-12-19(13-9-17)26-21-20(16-6-10-18(25)11-7-16)22(28)27(23(21)29)14-5-15-30-4/h6-13,26H,5,14-15H2,1-4H3. The number of ether oxygens (including phenoxy) is 1. The van der Waals surface area contributed by atoms with Gasteiger partial charge in [0.25, 0.3) is 11.8 Å². The molecule has 6 heteroatoms. The average molecular weight is 410 g/mol. The molecule has 30 heavy (non-hydrogen) atoms. The molecule has 0 fully saturated rings. The maximum Gasteiger partial charge on any atom is 0.278 e. The molecule has 0 bridgehead atoms. The van der Waals surface area contributed by atoms with Crippen LogP contribution < -0.4 is 5.32 Å². The van der Waals surface area contributed by atoms with Gasteiger partial charge in [0.2, 0.25) is 0 Å². The molecule has 0 aliphatic carbocycles. The second-order valence-corrected chi connectivity index (χ2v) is 8.32. The van der Waals surface area contributed by atoms with Crippen LogP contribution in [0.25, 0.3) is 5.57 Å². The van der Waals surface area contributed by atoms with E-state index in [1.807, 2.05) is 24.3 Å². The zero-order valence-corrected chi connectivity index (χ0v) is 17.8. The predicted molar refractivity (Wildman–Crippen MR) is 115 cm³/mol. The highest BCUT2D eigenvalue weighted by molar-refractivity contribution is 6.36. The van der Waals surface area contributed by atoms with Crippen molar-refractivity contribution < 1.29 is 18.7 Å². The van der Waals surface area contributed by atoms with Crippen LogP contribution in [0.15, 0.2) is 54.2 Å². The number of carbonyl (C=O) groups excluding carboxylic acids is 2. The van der Waals surface area contributed by atoms with Crippen LogP contribution in [0.3, 0.4) is 0 Å². The normalized spacial score (nSPS) is 14.6. The Labute approximate surface area is 176 Å².